The topological polar surface area (TPSA) is 82.8 Å². The van der Waals surface area contributed by atoms with Crippen molar-refractivity contribution in [3.8, 4) is 5.75 Å². The standard InChI is InChI=1S/C20H16O6/c1-13-9-19(22)26-18-10-15(7-8-16(13)18)24-12-20(23)25-11-17(21)14-5-3-2-4-6-14/h2-10H,11-12H2,1H3. The van der Waals surface area contributed by atoms with Crippen molar-refractivity contribution >= 4 is 22.7 Å². The van der Waals surface area contributed by atoms with Crippen LogP contribution in [0.4, 0.5) is 0 Å². The van der Waals surface area contributed by atoms with Crippen LogP contribution in [0, 0.1) is 6.92 Å². The van der Waals surface area contributed by atoms with Crippen LogP contribution in [0.25, 0.3) is 11.0 Å². The molecule has 0 saturated carbocycles. The number of aryl methyl sites for hydroxylation is 1. The summed E-state index contributed by atoms with van der Waals surface area (Å²) < 4.78 is 15.4. The van der Waals surface area contributed by atoms with E-state index in [1.807, 2.05) is 0 Å². The second-order valence-corrected chi connectivity index (χ2v) is 5.64. The zero-order valence-corrected chi connectivity index (χ0v) is 14.1. The molecule has 0 N–H and O–H groups in total. The fraction of sp³-hybridized carbons (Fsp3) is 0.150. The average molecular weight is 352 g/mol. The highest BCUT2D eigenvalue weighted by Crippen LogP contribution is 2.22. The van der Waals surface area contributed by atoms with Crippen LogP contribution < -0.4 is 10.4 Å². The molecule has 1 aromatic heterocycles. The highest BCUT2D eigenvalue weighted by molar-refractivity contribution is 5.97. The Kier molecular flexibility index (Phi) is 5.12. The van der Waals surface area contributed by atoms with Gasteiger partial charge in [0.2, 0.25) is 0 Å². The summed E-state index contributed by atoms with van der Waals surface area (Å²) in [6.45, 7) is 1.10. The van der Waals surface area contributed by atoms with Crippen LogP contribution in [0.2, 0.25) is 0 Å². The summed E-state index contributed by atoms with van der Waals surface area (Å²) in [4.78, 5) is 35.1. The lowest BCUT2D eigenvalue weighted by Crippen LogP contribution is -2.19. The predicted octanol–water partition coefficient (Wildman–Crippen LogP) is 2.91. The van der Waals surface area contributed by atoms with E-state index in [0.29, 0.717) is 16.9 Å². The molecule has 2 aromatic carbocycles. The molecule has 0 aliphatic heterocycles. The normalized spacial score (nSPS) is 10.5. The number of ether oxygens (including phenoxy) is 2. The van der Waals surface area contributed by atoms with Crippen LogP contribution in [-0.4, -0.2) is 25.0 Å². The number of carbonyl (C=O) groups excluding carboxylic acids is 2. The van der Waals surface area contributed by atoms with Crippen LogP contribution in [-0.2, 0) is 9.53 Å². The number of Topliss-reactive ketones (excluding diaryl/α,β-unsaturated/α-hetero) is 1. The minimum atomic E-state index is -0.667. The van der Waals surface area contributed by atoms with Crippen LogP contribution in [0.15, 0.2) is 63.8 Å². The Morgan fingerprint density at radius 3 is 2.54 bits per heavy atom. The Morgan fingerprint density at radius 2 is 1.77 bits per heavy atom. The van der Waals surface area contributed by atoms with Crippen molar-refractivity contribution in [1.82, 2.24) is 0 Å². The number of fused-ring (bicyclic) bond motifs is 1. The Bertz CT molecular complexity index is 1000. The molecule has 3 aromatic rings. The molecule has 0 fully saturated rings. The predicted molar refractivity (Wildman–Crippen MR) is 94.4 cm³/mol. The van der Waals surface area contributed by atoms with Gasteiger partial charge in [0.25, 0.3) is 0 Å². The van der Waals surface area contributed by atoms with Gasteiger partial charge in [-0.15, -0.1) is 0 Å². The highest BCUT2D eigenvalue weighted by atomic mass is 16.6. The fourth-order valence-corrected chi connectivity index (χ4v) is 2.43. The van der Waals surface area contributed by atoms with Crippen molar-refractivity contribution in [3.05, 3.63) is 76.1 Å². The number of carbonyl (C=O) groups is 2. The first-order valence-electron chi connectivity index (χ1n) is 7.94. The van der Waals surface area contributed by atoms with Gasteiger partial charge in [-0.25, -0.2) is 9.59 Å². The average Bonchev–Trinajstić information content (AvgIpc) is 2.64. The van der Waals surface area contributed by atoms with Gasteiger partial charge in [0.15, 0.2) is 19.0 Å². The first kappa shape index (κ1) is 17.4. The number of ketones is 1. The third-order valence-corrected chi connectivity index (χ3v) is 3.74. The molecule has 0 radical (unpaired) electrons. The summed E-state index contributed by atoms with van der Waals surface area (Å²) in [5.41, 5.74) is 1.19. The van der Waals surface area contributed by atoms with Gasteiger partial charge in [0, 0.05) is 23.1 Å². The zero-order chi connectivity index (χ0) is 18.5. The van der Waals surface area contributed by atoms with Gasteiger partial charge in [-0.1, -0.05) is 30.3 Å². The van der Waals surface area contributed by atoms with E-state index in [9.17, 15) is 14.4 Å². The van der Waals surface area contributed by atoms with Gasteiger partial charge < -0.3 is 13.9 Å². The molecule has 0 atom stereocenters. The van der Waals surface area contributed by atoms with Gasteiger partial charge in [-0.2, -0.15) is 0 Å². The van der Waals surface area contributed by atoms with Gasteiger partial charge >= 0.3 is 11.6 Å². The lowest BCUT2D eigenvalue weighted by Gasteiger charge is -2.08. The minimum Gasteiger partial charge on any atom is -0.482 e. The Labute approximate surface area is 149 Å². The molecule has 0 unspecified atom stereocenters. The molecular weight excluding hydrogens is 336 g/mol. The summed E-state index contributed by atoms with van der Waals surface area (Å²) in [6, 6.07) is 14.9. The van der Waals surface area contributed by atoms with Gasteiger partial charge in [-0.05, 0) is 24.6 Å². The molecule has 3 rings (SSSR count). The molecule has 0 aliphatic carbocycles. The molecule has 0 bridgehead atoms. The SMILES string of the molecule is Cc1cc(=O)oc2cc(OCC(=O)OCC(=O)c3ccccc3)ccc12. The van der Waals surface area contributed by atoms with Gasteiger partial charge in [0.1, 0.15) is 11.3 Å². The molecule has 0 aliphatic rings. The summed E-state index contributed by atoms with van der Waals surface area (Å²) in [6.07, 6.45) is 0. The van der Waals surface area contributed by atoms with Crippen molar-refractivity contribution < 1.29 is 23.5 Å². The summed E-state index contributed by atoms with van der Waals surface area (Å²) in [5, 5.41) is 0.785. The van der Waals surface area contributed by atoms with E-state index in [1.165, 1.54) is 12.1 Å². The fourth-order valence-electron chi connectivity index (χ4n) is 2.43. The number of rotatable bonds is 6. The maximum absolute atomic E-state index is 11.9. The molecule has 132 valence electrons. The molecule has 6 nitrogen and oxygen atoms in total. The van der Waals surface area contributed by atoms with Crippen molar-refractivity contribution in [3.63, 3.8) is 0 Å². The molecule has 6 heteroatoms. The van der Waals surface area contributed by atoms with Gasteiger partial charge in [0.05, 0.1) is 0 Å². The van der Waals surface area contributed by atoms with E-state index in [4.69, 9.17) is 13.9 Å². The zero-order valence-electron chi connectivity index (χ0n) is 14.1. The molecule has 0 amide bonds. The third-order valence-electron chi connectivity index (χ3n) is 3.74. The van der Waals surface area contributed by atoms with E-state index < -0.39 is 11.6 Å². The molecule has 1 heterocycles. The highest BCUT2D eigenvalue weighted by Gasteiger charge is 2.11. The molecule has 0 spiro atoms. The molecular formula is C20H16O6. The number of hydrogen-bond donors (Lipinski definition) is 0. The Hall–Kier alpha value is -3.41. The number of esters is 1. The first-order valence-corrected chi connectivity index (χ1v) is 7.94. The maximum Gasteiger partial charge on any atom is 0.344 e. The first-order chi connectivity index (χ1) is 12.5. The van der Waals surface area contributed by atoms with E-state index in [1.54, 1.807) is 49.4 Å². The monoisotopic (exact) mass is 352 g/mol. The van der Waals surface area contributed by atoms with Crippen LogP contribution >= 0.6 is 0 Å². The van der Waals surface area contributed by atoms with E-state index >= 15 is 0 Å². The smallest absolute Gasteiger partial charge is 0.344 e. The summed E-state index contributed by atoms with van der Waals surface area (Å²) >= 11 is 0. The third kappa shape index (κ3) is 4.16. The number of hydrogen-bond acceptors (Lipinski definition) is 6. The van der Waals surface area contributed by atoms with Crippen LogP contribution in [0.3, 0.4) is 0 Å². The molecule has 0 saturated heterocycles. The second-order valence-electron chi connectivity index (χ2n) is 5.64. The van der Waals surface area contributed by atoms with E-state index in [2.05, 4.69) is 0 Å². The van der Waals surface area contributed by atoms with E-state index in [0.717, 1.165) is 10.9 Å². The van der Waals surface area contributed by atoms with Crippen molar-refractivity contribution in [1.29, 1.82) is 0 Å². The lowest BCUT2D eigenvalue weighted by molar-refractivity contribution is -0.144. The summed E-state index contributed by atoms with van der Waals surface area (Å²) in [5.74, 6) is -0.598. The quantitative estimate of drug-likeness (QED) is 0.385. The van der Waals surface area contributed by atoms with Crippen molar-refractivity contribution in [2.45, 2.75) is 6.92 Å². The van der Waals surface area contributed by atoms with Crippen LogP contribution in [0.1, 0.15) is 15.9 Å². The van der Waals surface area contributed by atoms with Crippen molar-refractivity contribution in [2.75, 3.05) is 13.2 Å². The van der Waals surface area contributed by atoms with Crippen LogP contribution in [0.5, 0.6) is 5.75 Å². The van der Waals surface area contributed by atoms with E-state index in [-0.39, 0.29) is 19.0 Å². The van der Waals surface area contributed by atoms with Gasteiger partial charge in [-0.3, -0.25) is 4.79 Å². The largest absolute Gasteiger partial charge is 0.482 e. The molecule has 26 heavy (non-hydrogen) atoms. The Balaban J connectivity index is 1.57. The second kappa shape index (κ2) is 7.65. The van der Waals surface area contributed by atoms with Crippen molar-refractivity contribution in [2.24, 2.45) is 0 Å². The minimum absolute atomic E-state index is 0.290. The summed E-state index contributed by atoms with van der Waals surface area (Å²) in [7, 11) is 0. The lowest BCUT2D eigenvalue weighted by atomic mass is 10.1. The Morgan fingerprint density at radius 1 is 1.00 bits per heavy atom. The maximum atomic E-state index is 11.9. The number of benzene rings is 2.